The number of carbonyl (C=O) groups is 2. The van der Waals surface area contributed by atoms with Gasteiger partial charge in [0.2, 0.25) is 5.91 Å². The van der Waals surface area contributed by atoms with Crippen LogP contribution in [0.25, 0.3) is 0 Å². The SMILES string of the molecule is O=C(Nc1ccccn1)[C@H]1C[C@H]1C(=O)O. The van der Waals surface area contributed by atoms with Crippen molar-refractivity contribution in [2.45, 2.75) is 6.42 Å². The zero-order valence-corrected chi connectivity index (χ0v) is 7.88. The summed E-state index contributed by atoms with van der Waals surface area (Å²) in [5.74, 6) is -1.63. The van der Waals surface area contributed by atoms with Crippen LogP contribution in [-0.4, -0.2) is 22.0 Å². The summed E-state index contributed by atoms with van der Waals surface area (Å²) in [4.78, 5) is 25.9. The number of carbonyl (C=O) groups excluding carboxylic acids is 1. The summed E-state index contributed by atoms with van der Waals surface area (Å²) in [7, 11) is 0. The summed E-state index contributed by atoms with van der Waals surface area (Å²) < 4.78 is 0. The number of hydrogen-bond donors (Lipinski definition) is 2. The Bertz CT molecular complexity index is 391. The molecule has 1 fully saturated rings. The van der Waals surface area contributed by atoms with Gasteiger partial charge in [0.15, 0.2) is 0 Å². The fraction of sp³-hybridized carbons (Fsp3) is 0.300. The highest BCUT2D eigenvalue weighted by Crippen LogP contribution is 2.39. The van der Waals surface area contributed by atoms with Crippen LogP contribution in [0.5, 0.6) is 0 Å². The molecule has 1 aliphatic carbocycles. The Hall–Kier alpha value is -1.91. The van der Waals surface area contributed by atoms with E-state index in [2.05, 4.69) is 10.3 Å². The first-order chi connectivity index (χ1) is 7.18. The van der Waals surface area contributed by atoms with Crippen molar-refractivity contribution >= 4 is 17.7 Å². The zero-order chi connectivity index (χ0) is 10.8. The number of aromatic nitrogens is 1. The lowest BCUT2D eigenvalue weighted by atomic mass is 10.3. The van der Waals surface area contributed by atoms with E-state index in [1.54, 1.807) is 24.4 Å². The second-order valence-electron chi connectivity index (χ2n) is 3.49. The topological polar surface area (TPSA) is 79.3 Å². The maximum Gasteiger partial charge on any atom is 0.307 e. The summed E-state index contributed by atoms with van der Waals surface area (Å²) in [6, 6.07) is 5.16. The van der Waals surface area contributed by atoms with Crippen LogP contribution in [0.15, 0.2) is 24.4 Å². The maximum absolute atomic E-state index is 11.5. The van der Waals surface area contributed by atoms with Gasteiger partial charge in [-0.05, 0) is 18.6 Å². The second-order valence-corrected chi connectivity index (χ2v) is 3.49. The number of nitrogens with one attached hydrogen (secondary N) is 1. The van der Waals surface area contributed by atoms with E-state index in [-0.39, 0.29) is 5.91 Å². The van der Waals surface area contributed by atoms with Crippen molar-refractivity contribution in [1.82, 2.24) is 4.98 Å². The molecule has 2 N–H and O–H groups in total. The molecule has 0 aliphatic heterocycles. The molecule has 0 spiro atoms. The Morgan fingerprint density at radius 2 is 2.20 bits per heavy atom. The van der Waals surface area contributed by atoms with Gasteiger partial charge in [-0.1, -0.05) is 6.07 Å². The number of anilines is 1. The number of amides is 1. The van der Waals surface area contributed by atoms with Gasteiger partial charge < -0.3 is 10.4 Å². The van der Waals surface area contributed by atoms with Crippen molar-refractivity contribution in [3.63, 3.8) is 0 Å². The van der Waals surface area contributed by atoms with Crippen LogP contribution in [0.4, 0.5) is 5.82 Å². The lowest BCUT2D eigenvalue weighted by molar-refractivity contribution is -0.139. The molecular formula is C10H10N2O3. The normalized spacial score (nSPS) is 23.2. The Labute approximate surface area is 86.1 Å². The molecule has 0 aromatic carbocycles. The van der Waals surface area contributed by atoms with E-state index in [0.29, 0.717) is 12.2 Å². The molecule has 1 amide bonds. The molecular weight excluding hydrogens is 196 g/mol. The molecule has 5 nitrogen and oxygen atoms in total. The molecule has 0 unspecified atom stereocenters. The first kappa shape index (κ1) is 9.64. The number of hydrogen-bond acceptors (Lipinski definition) is 3. The van der Waals surface area contributed by atoms with Gasteiger partial charge in [0.05, 0.1) is 11.8 Å². The van der Waals surface area contributed by atoms with Crippen molar-refractivity contribution in [2.24, 2.45) is 11.8 Å². The molecule has 5 heteroatoms. The molecule has 0 bridgehead atoms. The fourth-order valence-electron chi connectivity index (χ4n) is 1.41. The molecule has 0 radical (unpaired) electrons. The van der Waals surface area contributed by atoms with Gasteiger partial charge in [0, 0.05) is 6.20 Å². The molecule has 1 heterocycles. The van der Waals surface area contributed by atoms with Crippen LogP contribution in [0, 0.1) is 11.8 Å². The van der Waals surface area contributed by atoms with Crippen molar-refractivity contribution in [2.75, 3.05) is 5.32 Å². The predicted molar refractivity (Wildman–Crippen MR) is 52.1 cm³/mol. The van der Waals surface area contributed by atoms with E-state index in [1.807, 2.05) is 0 Å². The summed E-state index contributed by atoms with van der Waals surface area (Å²) in [5.41, 5.74) is 0. The summed E-state index contributed by atoms with van der Waals surface area (Å²) in [5, 5.41) is 11.2. The molecule has 1 aromatic heterocycles. The number of pyridine rings is 1. The van der Waals surface area contributed by atoms with Gasteiger partial charge >= 0.3 is 5.97 Å². The van der Waals surface area contributed by atoms with Crippen LogP contribution < -0.4 is 5.32 Å². The largest absolute Gasteiger partial charge is 0.481 e. The highest BCUT2D eigenvalue weighted by Gasteiger charge is 2.48. The lowest BCUT2D eigenvalue weighted by Gasteiger charge is -2.01. The van der Waals surface area contributed by atoms with Crippen LogP contribution in [0.3, 0.4) is 0 Å². The smallest absolute Gasteiger partial charge is 0.307 e. The highest BCUT2D eigenvalue weighted by molar-refractivity contribution is 5.97. The van der Waals surface area contributed by atoms with Gasteiger partial charge in [-0.25, -0.2) is 4.98 Å². The number of carboxylic acid groups (broad SMARTS) is 1. The van der Waals surface area contributed by atoms with E-state index >= 15 is 0 Å². The van der Waals surface area contributed by atoms with Crippen molar-refractivity contribution in [3.05, 3.63) is 24.4 Å². The number of aliphatic carboxylic acids is 1. The highest BCUT2D eigenvalue weighted by atomic mass is 16.4. The van der Waals surface area contributed by atoms with Crippen molar-refractivity contribution in [1.29, 1.82) is 0 Å². The van der Waals surface area contributed by atoms with E-state index < -0.39 is 17.8 Å². The number of carboxylic acids is 1. The molecule has 1 aromatic rings. The van der Waals surface area contributed by atoms with Gasteiger partial charge in [-0.3, -0.25) is 9.59 Å². The Kier molecular flexibility index (Phi) is 2.37. The number of nitrogens with zero attached hydrogens (tertiary/aromatic N) is 1. The Balaban J connectivity index is 1.92. The molecule has 0 saturated heterocycles. The molecule has 78 valence electrons. The quantitative estimate of drug-likeness (QED) is 0.764. The van der Waals surface area contributed by atoms with Crippen LogP contribution >= 0.6 is 0 Å². The van der Waals surface area contributed by atoms with Crippen LogP contribution in [0.1, 0.15) is 6.42 Å². The molecule has 1 aliphatic rings. The fourth-order valence-corrected chi connectivity index (χ4v) is 1.41. The minimum atomic E-state index is -0.906. The summed E-state index contributed by atoms with van der Waals surface area (Å²) in [6.07, 6.45) is 1.99. The molecule has 1 saturated carbocycles. The zero-order valence-electron chi connectivity index (χ0n) is 7.88. The van der Waals surface area contributed by atoms with Gasteiger partial charge in [-0.15, -0.1) is 0 Å². The third kappa shape index (κ3) is 2.12. The maximum atomic E-state index is 11.5. The van der Waals surface area contributed by atoms with E-state index in [4.69, 9.17) is 5.11 Å². The molecule has 15 heavy (non-hydrogen) atoms. The minimum absolute atomic E-state index is 0.263. The second kappa shape index (κ2) is 3.68. The van der Waals surface area contributed by atoms with Crippen LogP contribution in [0.2, 0.25) is 0 Å². The van der Waals surface area contributed by atoms with E-state index in [0.717, 1.165) is 0 Å². The minimum Gasteiger partial charge on any atom is -0.481 e. The summed E-state index contributed by atoms with van der Waals surface area (Å²) in [6.45, 7) is 0. The third-order valence-electron chi connectivity index (χ3n) is 2.36. The molecule has 2 atom stereocenters. The third-order valence-corrected chi connectivity index (χ3v) is 2.36. The first-order valence-electron chi connectivity index (χ1n) is 4.63. The standard InChI is InChI=1S/C10H10N2O3/c13-9(6-5-7(6)10(14)15)12-8-3-1-2-4-11-8/h1-4,6-7H,5H2,(H,14,15)(H,11,12,13)/t6-,7+/m0/s1. The van der Waals surface area contributed by atoms with Gasteiger partial charge in [-0.2, -0.15) is 0 Å². The van der Waals surface area contributed by atoms with E-state index in [1.165, 1.54) is 0 Å². The van der Waals surface area contributed by atoms with E-state index in [9.17, 15) is 9.59 Å². The number of rotatable bonds is 3. The predicted octanol–water partition coefficient (Wildman–Crippen LogP) is 0.741. The first-order valence-corrected chi connectivity index (χ1v) is 4.63. The average Bonchev–Trinajstić information content (AvgIpc) is 2.98. The van der Waals surface area contributed by atoms with Gasteiger partial charge in [0.1, 0.15) is 5.82 Å². The Morgan fingerprint density at radius 1 is 1.40 bits per heavy atom. The summed E-state index contributed by atoms with van der Waals surface area (Å²) >= 11 is 0. The van der Waals surface area contributed by atoms with Crippen molar-refractivity contribution < 1.29 is 14.7 Å². The average molecular weight is 206 g/mol. The Morgan fingerprint density at radius 3 is 2.73 bits per heavy atom. The van der Waals surface area contributed by atoms with Crippen LogP contribution in [-0.2, 0) is 9.59 Å². The van der Waals surface area contributed by atoms with Gasteiger partial charge in [0.25, 0.3) is 0 Å². The monoisotopic (exact) mass is 206 g/mol. The van der Waals surface area contributed by atoms with Crippen molar-refractivity contribution in [3.8, 4) is 0 Å². The molecule has 2 rings (SSSR count). The lowest BCUT2D eigenvalue weighted by Crippen LogP contribution is -2.17.